The zero-order valence-corrected chi connectivity index (χ0v) is 12.3. The van der Waals surface area contributed by atoms with Gasteiger partial charge in [-0.05, 0) is 37.1 Å². The summed E-state index contributed by atoms with van der Waals surface area (Å²) in [5.41, 5.74) is 7.89. The highest BCUT2D eigenvalue weighted by atomic mass is 16.5. The van der Waals surface area contributed by atoms with Gasteiger partial charge in [-0.2, -0.15) is 4.98 Å². The van der Waals surface area contributed by atoms with Crippen molar-refractivity contribution in [3.05, 3.63) is 42.4 Å². The van der Waals surface area contributed by atoms with Gasteiger partial charge in [-0.3, -0.25) is 4.98 Å². The third-order valence-electron chi connectivity index (χ3n) is 4.47. The fourth-order valence-electron chi connectivity index (χ4n) is 3.16. The van der Waals surface area contributed by atoms with Gasteiger partial charge in [-0.15, -0.1) is 0 Å². The zero-order valence-electron chi connectivity index (χ0n) is 12.3. The van der Waals surface area contributed by atoms with Crippen LogP contribution in [0.5, 0.6) is 0 Å². The molecule has 3 aromatic rings. The Morgan fingerprint density at radius 3 is 2.82 bits per heavy atom. The van der Waals surface area contributed by atoms with Crippen molar-refractivity contribution in [2.45, 2.75) is 37.6 Å². The van der Waals surface area contributed by atoms with Crippen molar-refractivity contribution < 1.29 is 4.52 Å². The minimum absolute atomic E-state index is 0.432. The summed E-state index contributed by atoms with van der Waals surface area (Å²) < 4.78 is 5.46. The first-order chi connectivity index (χ1) is 10.7. The summed E-state index contributed by atoms with van der Waals surface area (Å²) in [5, 5.41) is 5.20. The first-order valence-corrected chi connectivity index (χ1v) is 7.73. The summed E-state index contributed by atoms with van der Waals surface area (Å²) >= 11 is 0. The average molecular weight is 294 g/mol. The zero-order chi connectivity index (χ0) is 15.0. The SMILES string of the molecule is NC1(c2noc(-c3ccc4ncccc4c3)n2)CCCCC1. The molecule has 2 heterocycles. The molecule has 1 aliphatic rings. The lowest BCUT2D eigenvalue weighted by molar-refractivity contribution is 0.275. The molecule has 1 saturated carbocycles. The molecule has 2 N–H and O–H groups in total. The fraction of sp³-hybridized carbons (Fsp3) is 0.353. The maximum Gasteiger partial charge on any atom is 0.258 e. The topological polar surface area (TPSA) is 77.8 Å². The summed E-state index contributed by atoms with van der Waals surface area (Å²) in [7, 11) is 0. The van der Waals surface area contributed by atoms with Crippen LogP contribution in [0.1, 0.15) is 37.9 Å². The number of hydrogen-bond acceptors (Lipinski definition) is 5. The lowest BCUT2D eigenvalue weighted by Crippen LogP contribution is -2.39. The van der Waals surface area contributed by atoms with Crippen LogP contribution in [-0.4, -0.2) is 15.1 Å². The van der Waals surface area contributed by atoms with E-state index in [-0.39, 0.29) is 0 Å². The van der Waals surface area contributed by atoms with Gasteiger partial charge in [0.25, 0.3) is 5.89 Å². The molecular weight excluding hydrogens is 276 g/mol. The summed E-state index contributed by atoms with van der Waals surface area (Å²) in [6.45, 7) is 0. The van der Waals surface area contributed by atoms with Crippen LogP contribution in [0, 0.1) is 0 Å². The minimum atomic E-state index is -0.432. The average Bonchev–Trinajstić information content (AvgIpc) is 3.06. The van der Waals surface area contributed by atoms with Gasteiger partial charge in [0.05, 0.1) is 11.1 Å². The Labute approximate surface area is 128 Å². The van der Waals surface area contributed by atoms with E-state index in [0.29, 0.717) is 11.7 Å². The Morgan fingerprint density at radius 1 is 1.09 bits per heavy atom. The molecule has 0 unspecified atom stereocenters. The molecule has 4 rings (SSSR count). The Hall–Kier alpha value is -2.27. The molecule has 22 heavy (non-hydrogen) atoms. The highest BCUT2D eigenvalue weighted by molar-refractivity contribution is 5.82. The molecule has 0 spiro atoms. The van der Waals surface area contributed by atoms with Gasteiger partial charge in [0.1, 0.15) is 0 Å². The molecule has 5 nitrogen and oxygen atoms in total. The molecule has 2 aromatic heterocycles. The van der Waals surface area contributed by atoms with Gasteiger partial charge in [0, 0.05) is 17.1 Å². The molecule has 0 atom stereocenters. The fourth-order valence-corrected chi connectivity index (χ4v) is 3.16. The molecule has 1 fully saturated rings. The number of benzene rings is 1. The van der Waals surface area contributed by atoms with Crippen LogP contribution in [-0.2, 0) is 5.54 Å². The number of rotatable bonds is 2. The highest BCUT2D eigenvalue weighted by Crippen LogP contribution is 2.34. The van der Waals surface area contributed by atoms with E-state index in [1.807, 2.05) is 30.3 Å². The molecule has 1 aliphatic carbocycles. The Bertz CT molecular complexity index is 805. The predicted octanol–water partition coefficient (Wildman–Crippen LogP) is 3.40. The van der Waals surface area contributed by atoms with Crippen molar-refractivity contribution >= 4 is 10.9 Å². The van der Waals surface area contributed by atoms with E-state index in [1.54, 1.807) is 6.20 Å². The van der Waals surface area contributed by atoms with Crippen molar-refractivity contribution in [3.63, 3.8) is 0 Å². The van der Waals surface area contributed by atoms with Crippen molar-refractivity contribution in [1.82, 2.24) is 15.1 Å². The van der Waals surface area contributed by atoms with Gasteiger partial charge in [0.2, 0.25) is 0 Å². The first-order valence-electron chi connectivity index (χ1n) is 7.73. The number of hydrogen-bond donors (Lipinski definition) is 1. The molecule has 0 radical (unpaired) electrons. The normalized spacial score (nSPS) is 17.7. The van der Waals surface area contributed by atoms with Crippen molar-refractivity contribution in [1.29, 1.82) is 0 Å². The molecule has 112 valence electrons. The van der Waals surface area contributed by atoms with Crippen LogP contribution in [0.3, 0.4) is 0 Å². The summed E-state index contributed by atoms with van der Waals surface area (Å²) in [4.78, 5) is 8.88. The smallest absolute Gasteiger partial charge is 0.258 e. The molecule has 0 saturated heterocycles. The second-order valence-corrected chi connectivity index (χ2v) is 6.05. The van der Waals surface area contributed by atoms with Crippen LogP contribution in [0.4, 0.5) is 0 Å². The summed E-state index contributed by atoms with van der Waals surface area (Å²) in [6, 6.07) is 9.88. The summed E-state index contributed by atoms with van der Waals surface area (Å²) in [5.74, 6) is 1.16. The quantitative estimate of drug-likeness (QED) is 0.783. The van der Waals surface area contributed by atoms with Gasteiger partial charge in [0.15, 0.2) is 5.82 Å². The van der Waals surface area contributed by atoms with Crippen LogP contribution in [0.15, 0.2) is 41.1 Å². The molecule has 0 bridgehead atoms. The standard InChI is InChI=1S/C17H18N4O/c18-17(8-2-1-3-9-17)16-20-15(22-21-16)13-6-7-14-12(11-13)5-4-10-19-14/h4-7,10-11H,1-3,8-9,18H2. The van der Waals surface area contributed by atoms with E-state index < -0.39 is 5.54 Å². The second kappa shape index (κ2) is 5.18. The van der Waals surface area contributed by atoms with E-state index in [2.05, 4.69) is 15.1 Å². The lowest BCUT2D eigenvalue weighted by atomic mass is 9.82. The van der Waals surface area contributed by atoms with Gasteiger partial charge < -0.3 is 10.3 Å². The molecule has 0 amide bonds. The molecule has 5 heteroatoms. The van der Waals surface area contributed by atoms with Gasteiger partial charge in [-0.25, -0.2) is 0 Å². The number of nitrogens with zero attached hydrogens (tertiary/aromatic N) is 3. The van der Waals surface area contributed by atoms with Crippen molar-refractivity contribution in [3.8, 4) is 11.5 Å². The number of nitrogens with two attached hydrogens (primary N) is 1. The number of aromatic nitrogens is 3. The highest BCUT2D eigenvalue weighted by Gasteiger charge is 2.34. The van der Waals surface area contributed by atoms with Gasteiger partial charge in [-0.1, -0.05) is 30.5 Å². The van der Waals surface area contributed by atoms with Crippen LogP contribution in [0.25, 0.3) is 22.4 Å². The maximum atomic E-state index is 6.47. The third kappa shape index (κ3) is 2.27. The van der Waals surface area contributed by atoms with Crippen LogP contribution < -0.4 is 5.73 Å². The van der Waals surface area contributed by atoms with E-state index in [0.717, 1.165) is 42.1 Å². The van der Waals surface area contributed by atoms with E-state index >= 15 is 0 Å². The first kappa shape index (κ1) is 13.4. The van der Waals surface area contributed by atoms with Crippen molar-refractivity contribution in [2.75, 3.05) is 0 Å². The summed E-state index contributed by atoms with van der Waals surface area (Å²) in [6.07, 6.45) is 7.13. The van der Waals surface area contributed by atoms with Gasteiger partial charge >= 0.3 is 0 Å². The molecular formula is C17H18N4O. The maximum absolute atomic E-state index is 6.47. The Morgan fingerprint density at radius 2 is 1.95 bits per heavy atom. The molecule has 0 aliphatic heterocycles. The monoisotopic (exact) mass is 294 g/mol. The lowest BCUT2D eigenvalue weighted by Gasteiger charge is -2.29. The second-order valence-electron chi connectivity index (χ2n) is 6.05. The Balaban J connectivity index is 1.70. The number of pyridine rings is 1. The van der Waals surface area contributed by atoms with Crippen LogP contribution >= 0.6 is 0 Å². The molecule has 1 aromatic carbocycles. The number of fused-ring (bicyclic) bond motifs is 1. The van der Waals surface area contributed by atoms with E-state index in [9.17, 15) is 0 Å². The third-order valence-corrected chi connectivity index (χ3v) is 4.47. The van der Waals surface area contributed by atoms with Crippen molar-refractivity contribution in [2.24, 2.45) is 5.73 Å². The predicted molar refractivity (Wildman–Crippen MR) is 84.0 cm³/mol. The van der Waals surface area contributed by atoms with E-state index in [4.69, 9.17) is 10.3 Å². The van der Waals surface area contributed by atoms with E-state index in [1.165, 1.54) is 6.42 Å². The minimum Gasteiger partial charge on any atom is -0.334 e. The van der Waals surface area contributed by atoms with Crippen LogP contribution in [0.2, 0.25) is 0 Å². The largest absolute Gasteiger partial charge is 0.334 e. The Kier molecular flexibility index (Phi) is 3.15.